The van der Waals surface area contributed by atoms with Crippen molar-refractivity contribution < 1.29 is 9.13 Å². The topological polar surface area (TPSA) is 53.1 Å². The molecule has 114 valence electrons. The van der Waals surface area contributed by atoms with Crippen LogP contribution in [-0.2, 0) is 11.5 Å². The first-order valence-corrected chi connectivity index (χ1v) is 10.7. The van der Waals surface area contributed by atoms with Crippen LogP contribution in [0.2, 0.25) is 25.7 Å². The third-order valence-electron chi connectivity index (χ3n) is 3.16. The van der Waals surface area contributed by atoms with E-state index in [0.29, 0.717) is 18.0 Å². The molecule has 1 aromatic carbocycles. The average Bonchev–Trinajstić information content (AvgIpc) is 2.86. The Morgan fingerprint density at radius 1 is 1.29 bits per heavy atom. The minimum absolute atomic E-state index is 0.146. The van der Waals surface area contributed by atoms with Crippen molar-refractivity contribution in [3.05, 3.63) is 36.3 Å². The minimum atomic E-state index is -1.06. The van der Waals surface area contributed by atoms with E-state index in [1.807, 2.05) is 12.3 Å². The van der Waals surface area contributed by atoms with Crippen molar-refractivity contribution in [3.8, 4) is 11.3 Å². The van der Waals surface area contributed by atoms with Crippen molar-refractivity contribution >= 4 is 13.8 Å². The summed E-state index contributed by atoms with van der Waals surface area (Å²) >= 11 is 0. The summed E-state index contributed by atoms with van der Waals surface area (Å²) in [6.45, 7) is 8.12. The molecule has 0 saturated heterocycles. The molecule has 21 heavy (non-hydrogen) atoms. The molecule has 0 radical (unpaired) electrons. The largest absolute Gasteiger partial charge is 0.396 e. The van der Waals surface area contributed by atoms with Crippen molar-refractivity contribution in [2.45, 2.75) is 32.4 Å². The predicted molar refractivity (Wildman–Crippen MR) is 86.1 cm³/mol. The van der Waals surface area contributed by atoms with Crippen LogP contribution in [-0.4, -0.2) is 24.5 Å². The van der Waals surface area contributed by atoms with Crippen LogP contribution >= 0.6 is 0 Å². The van der Waals surface area contributed by atoms with Gasteiger partial charge in [0.05, 0.1) is 11.4 Å². The molecular weight excluding hydrogens is 285 g/mol. The number of halogens is 1. The van der Waals surface area contributed by atoms with Crippen LogP contribution in [0.4, 0.5) is 10.1 Å². The fourth-order valence-electron chi connectivity index (χ4n) is 1.81. The van der Waals surface area contributed by atoms with E-state index in [4.69, 9.17) is 10.5 Å². The lowest BCUT2D eigenvalue weighted by Gasteiger charge is -2.15. The monoisotopic (exact) mass is 307 g/mol. The number of nitrogen functional groups attached to an aromatic ring is 1. The molecule has 1 heterocycles. The lowest BCUT2D eigenvalue weighted by atomic mass is 10.1. The summed E-state index contributed by atoms with van der Waals surface area (Å²) in [4.78, 5) is 0. The summed E-state index contributed by atoms with van der Waals surface area (Å²) in [6.07, 6.45) is 1.83. The zero-order valence-electron chi connectivity index (χ0n) is 12.8. The van der Waals surface area contributed by atoms with Crippen LogP contribution in [0.5, 0.6) is 0 Å². The van der Waals surface area contributed by atoms with Gasteiger partial charge < -0.3 is 10.5 Å². The van der Waals surface area contributed by atoms with Crippen molar-refractivity contribution in [1.29, 1.82) is 0 Å². The first kappa shape index (κ1) is 15.7. The first-order valence-electron chi connectivity index (χ1n) is 7.02. The molecule has 2 rings (SSSR count). The Labute approximate surface area is 125 Å². The fraction of sp³-hybridized carbons (Fsp3) is 0.400. The van der Waals surface area contributed by atoms with Crippen LogP contribution in [0.3, 0.4) is 0 Å². The minimum Gasteiger partial charge on any atom is -0.396 e. The quantitative estimate of drug-likeness (QED) is 0.504. The van der Waals surface area contributed by atoms with Crippen LogP contribution in [0.25, 0.3) is 11.3 Å². The number of hydrogen-bond donors (Lipinski definition) is 1. The lowest BCUT2D eigenvalue weighted by Crippen LogP contribution is -2.22. The highest BCUT2D eigenvalue weighted by Crippen LogP contribution is 2.21. The summed E-state index contributed by atoms with van der Waals surface area (Å²) < 4.78 is 20.8. The molecule has 2 N–H and O–H groups in total. The maximum Gasteiger partial charge on any atom is 0.146 e. The zero-order valence-corrected chi connectivity index (χ0v) is 13.8. The Morgan fingerprint density at radius 3 is 2.71 bits per heavy atom. The van der Waals surface area contributed by atoms with Crippen molar-refractivity contribution in [2.24, 2.45) is 0 Å². The molecule has 0 fully saturated rings. The number of nitrogens with two attached hydrogens (primary N) is 1. The summed E-state index contributed by atoms with van der Waals surface area (Å²) in [5.74, 6) is -0.423. The zero-order chi connectivity index (χ0) is 15.5. The van der Waals surface area contributed by atoms with E-state index in [1.165, 1.54) is 6.07 Å². The second-order valence-corrected chi connectivity index (χ2v) is 11.9. The van der Waals surface area contributed by atoms with Crippen LogP contribution in [0, 0.1) is 5.82 Å². The lowest BCUT2D eigenvalue weighted by molar-refractivity contribution is 0.0787. The highest BCUT2D eigenvalue weighted by atomic mass is 28.3. The van der Waals surface area contributed by atoms with E-state index in [2.05, 4.69) is 24.7 Å². The predicted octanol–water partition coefficient (Wildman–Crippen LogP) is 3.58. The number of hydrogen-bond acceptors (Lipinski definition) is 3. The third kappa shape index (κ3) is 4.68. The molecule has 0 unspecified atom stereocenters. The van der Waals surface area contributed by atoms with Crippen LogP contribution in [0.1, 0.15) is 0 Å². The Morgan fingerprint density at radius 2 is 2.05 bits per heavy atom. The van der Waals surface area contributed by atoms with Crippen molar-refractivity contribution in [1.82, 2.24) is 9.78 Å². The third-order valence-corrected chi connectivity index (χ3v) is 4.86. The van der Waals surface area contributed by atoms with Crippen molar-refractivity contribution in [3.63, 3.8) is 0 Å². The highest BCUT2D eigenvalue weighted by Gasteiger charge is 2.12. The summed E-state index contributed by atoms with van der Waals surface area (Å²) in [6, 6.07) is 7.68. The molecule has 0 aliphatic carbocycles. The number of rotatable bonds is 6. The van der Waals surface area contributed by atoms with Gasteiger partial charge in [-0.25, -0.2) is 9.07 Å². The Bertz CT molecular complexity index is 607. The fourth-order valence-corrected chi connectivity index (χ4v) is 2.57. The number of aromatic nitrogens is 2. The van der Waals surface area contributed by atoms with Crippen LogP contribution < -0.4 is 5.73 Å². The Balaban J connectivity index is 1.93. The van der Waals surface area contributed by atoms with E-state index in [9.17, 15) is 4.39 Å². The molecule has 1 aromatic heterocycles. The molecule has 2 aromatic rings. The molecule has 6 heteroatoms. The molecule has 0 spiro atoms. The van der Waals surface area contributed by atoms with Gasteiger partial charge in [0.15, 0.2) is 0 Å². The van der Waals surface area contributed by atoms with Gasteiger partial charge in [-0.05, 0) is 24.2 Å². The number of benzene rings is 1. The molecule has 0 aliphatic rings. The van der Waals surface area contributed by atoms with Gasteiger partial charge in [-0.1, -0.05) is 25.7 Å². The van der Waals surface area contributed by atoms with Crippen molar-refractivity contribution in [2.75, 3.05) is 12.3 Å². The normalized spacial score (nSPS) is 11.8. The van der Waals surface area contributed by atoms with E-state index in [0.717, 1.165) is 12.7 Å². The van der Waals surface area contributed by atoms with E-state index >= 15 is 0 Å². The van der Waals surface area contributed by atoms with Gasteiger partial charge in [-0.2, -0.15) is 5.10 Å². The standard InChI is InChI=1S/C15H22FN3OSi/c1-21(2,3)9-8-20-11-19-7-6-15(18-19)12-4-5-14(17)13(16)10-12/h4-7,10H,8-9,11,17H2,1-3H3. The molecule has 0 aliphatic heterocycles. The van der Waals surface area contributed by atoms with E-state index in [1.54, 1.807) is 16.8 Å². The SMILES string of the molecule is C[Si](C)(C)CCOCn1ccc(-c2ccc(N)c(F)c2)n1. The molecular formula is C15H22FN3OSi. The summed E-state index contributed by atoms with van der Waals surface area (Å²) in [5.41, 5.74) is 7.04. The number of anilines is 1. The van der Waals surface area contributed by atoms with Gasteiger partial charge in [-0.3, -0.25) is 0 Å². The second kappa shape index (κ2) is 6.40. The molecule has 0 saturated carbocycles. The van der Waals surface area contributed by atoms with Gasteiger partial charge in [0.25, 0.3) is 0 Å². The van der Waals surface area contributed by atoms with Gasteiger partial charge >= 0.3 is 0 Å². The Kier molecular flexibility index (Phi) is 4.79. The van der Waals surface area contributed by atoms with Gasteiger partial charge in [0.1, 0.15) is 12.5 Å². The first-order chi connectivity index (χ1) is 9.85. The maximum atomic E-state index is 13.5. The number of nitrogens with zero attached hydrogens (tertiary/aromatic N) is 2. The highest BCUT2D eigenvalue weighted by molar-refractivity contribution is 6.76. The molecule has 4 nitrogen and oxygen atoms in total. The molecule has 0 amide bonds. The van der Waals surface area contributed by atoms with Gasteiger partial charge in [0, 0.05) is 26.4 Å². The average molecular weight is 307 g/mol. The number of ether oxygens (including phenoxy) is 1. The molecule has 0 bridgehead atoms. The smallest absolute Gasteiger partial charge is 0.146 e. The Hall–Kier alpha value is -1.66. The van der Waals surface area contributed by atoms with E-state index < -0.39 is 13.9 Å². The van der Waals surface area contributed by atoms with Gasteiger partial charge in [-0.15, -0.1) is 0 Å². The molecule has 0 atom stereocenters. The van der Waals surface area contributed by atoms with Gasteiger partial charge in [0.2, 0.25) is 0 Å². The van der Waals surface area contributed by atoms with E-state index in [-0.39, 0.29) is 5.69 Å². The second-order valence-electron chi connectivity index (χ2n) is 6.32. The van der Waals surface area contributed by atoms with Crippen LogP contribution in [0.15, 0.2) is 30.5 Å². The maximum absolute atomic E-state index is 13.5. The summed E-state index contributed by atoms with van der Waals surface area (Å²) in [7, 11) is -1.06. The summed E-state index contributed by atoms with van der Waals surface area (Å²) in [5, 5.41) is 4.38.